The van der Waals surface area contributed by atoms with E-state index in [1.54, 1.807) is 5.57 Å². The molecular formula is C54H84O2. The van der Waals surface area contributed by atoms with E-state index in [-0.39, 0.29) is 12.1 Å². The van der Waals surface area contributed by atoms with Gasteiger partial charge in [-0.05, 0) is 155 Å². The highest BCUT2D eigenvalue weighted by atomic mass is 16.5. The Labute approximate surface area is 346 Å². The lowest BCUT2D eigenvalue weighted by Gasteiger charge is -2.58. The molecule has 9 atom stereocenters. The van der Waals surface area contributed by atoms with Crippen LogP contribution in [0, 0.1) is 52.3 Å². The minimum atomic E-state index is 0.0289. The highest BCUT2D eigenvalue weighted by Gasteiger charge is 2.59. The normalized spacial score (nSPS) is 30.7. The summed E-state index contributed by atoms with van der Waals surface area (Å²) in [5.74, 6) is 5.38. The Balaban J connectivity index is 1.05. The quantitative estimate of drug-likeness (QED) is 0.0588. The molecule has 4 rings (SSSR count). The van der Waals surface area contributed by atoms with Gasteiger partial charge >= 0.3 is 5.97 Å². The molecule has 0 heterocycles. The highest BCUT2D eigenvalue weighted by Crippen LogP contribution is 2.67. The molecule has 0 amide bonds. The lowest BCUT2D eigenvalue weighted by Crippen LogP contribution is -2.51. The van der Waals surface area contributed by atoms with Gasteiger partial charge in [-0.15, -0.1) is 0 Å². The average molecular weight is 765 g/mol. The lowest BCUT2D eigenvalue weighted by molar-refractivity contribution is -0.151. The number of rotatable bonds is 23. The van der Waals surface area contributed by atoms with Crippen molar-refractivity contribution in [2.75, 3.05) is 0 Å². The van der Waals surface area contributed by atoms with E-state index in [2.05, 4.69) is 140 Å². The first-order valence-electron chi connectivity index (χ1n) is 23.6. The lowest BCUT2D eigenvalue weighted by atomic mass is 9.47. The Morgan fingerprint density at radius 2 is 1.32 bits per heavy atom. The van der Waals surface area contributed by atoms with Crippen molar-refractivity contribution in [1.29, 1.82) is 0 Å². The van der Waals surface area contributed by atoms with Crippen LogP contribution in [0.3, 0.4) is 0 Å². The molecule has 2 heteroatoms. The van der Waals surface area contributed by atoms with Gasteiger partial charge in [0, 0.05) is 12.8 Å². The van der Waals surface area contributed by atoms with Crippen LogP contribution in [0.15, 0.2) is 96.7 Å². The molecule has 3 fully saturated rings. The summed E-state index contributed by atoms with van der Waals surface area (Å²) >= 11 is 0. The summed E-state index contributed by atoms with van der Waals surface area (Å²) in [5.41, 5.74) is 2.40. The molecule has 0 aliphatic heterocycles. The zero-order valence-electron chi connectivity index (χ0n) is 37.2. The van der Waals surface area contributed by atoms with Crippen molar-refractivity contribution in [2.45, 2.75) is 183 Å². The van der Waals surface area contributed by atoms with Crippen LogP contribution in [0.2, 0.25) is 0 Å². The summed E-state index contributed by atoms with van der Waals surface area (Å²) in [5, 5.41) is 0. The molecule has 0 N–H and O–H groups in total. The van der Waals surface area contributed by atoms with Crippen molar-refractivity contribution in [1.82, 2.24) is 0 Å². The average Bonchev–Trinajstić information content (AvgIpc) is 3.54. The molecule has 0 aromatic heterocycles. The molecular weight excluding hydrogens is 681 g/mol. The predicted octanol–water partition coefficient (Wildman–Crippen LogP) is 16.0. The van der Waals surface area contributed by atoms with Crippen LogP contribution in [0.25, 0.3) is 0 Å². The Bertz CT molecular complexity index is 1400. The van der Waals surface area contributed by atoms with Crippen LogP contribution in [0.5, 0.6) is 0 Å². The minimum Gasteiger partial charge on any atom is -0.462 e. The van der Waals surface area contributed by atoms with Gasteiger partial charge in [0.25, 0.3) is 0 Å². The molecule has 0 spiro atoms. The number of hydrogen-bond donors (Lipinski definition) is 0. The van der Waals surface area contributed by atoms with Gasteiger partial charge in [-0.1, -0.05) is 158 Å². The van der Waals surface area contributed by atoms with Gasteiger partial charge in [0.2, 0.25) is 0 Å². The Hall–Kier alpha value is -2.61. The van der Waals surface area contributed by atoms with Crippen molar-refractivity contribution in [3.8, 4) is 0 Å². The van der Waals surface area contributed by atoms with E-state index in [0.717, 1.165) is 94.3 Å². The fourth-order valence-corrected chi connectivity index (χ4v) is 11.1. The van der Waals surface area contributed by atoms with E-state index >= 15 is 0 Å². The van der Waals surface area contributed by atoms with Crippen molar-refractivity contribution in [3.63, 3.8) is 0 Å². The van der Waals surface area contributed by atoms with E-state index < -0.39 is 0 Å². The fourth-order valence-electron chi connectivity index (χ4n) is 11.1. The van der Waals surface area contributed by atoms with Crippen LogP contribution in [-0.2, 0) is 9.53 Å². The van der Waals surface area contributed by atoms with E-state index in [1.165, 1.54) is 51.4 Å². The zero-order valence-corrected chi connectivity index (χ0v) is 37.2. The molecule has 312 valence electrons. The van der Waals surface area contributed by atoms with Gasteiger partial charge in [-0.25, -0.2) is 0 Å². The number of fused-ring (bicyclic) bond motifs is 5. The second-order valence-corrected chi connectivity index (χ2v) is 19.1. The number of carbonyl (C=O) groups is 1. The SMILES string of the molecule is CC/C=C\C/C=C\C/C=C\C/C=C\C/C=C\C/C=C\CCCCCCC(=O)OC1CCC2(C)C(=CCC3C2CCC2(C)C(C(C)/C=C/C(C)C(C)C)CCC32)C1. The molecule has 0 aromatic rings. The van der Waals surface area contributed by atoms with Gasteiger partial charge in [0.05, 0.1) is 0 Å². The number of esters is 1. The monoisotopic (exact) mass is 765 g/mol. The standard InChI is InChI=1S/C54H84O2/c1-8-9-10-11-12-13-14-15-16-17-18-19-20-21-22-23-24-25-26-27-28-29-30-31-52(55)56-47-38-40-53(6)46(42-47)34-35-48-50-37-36-49(54(50,7)41-39-51(48)53)45(5)33-32-44(4)43(2)3/h9-10,12-13,15-16,18-19,21-22,24-25,32-34,43-45,47-51H,8,11,14,17,20,23,26-31,35-42H2,1-7H3/b10-9-,13-12-,16-15-,19-18-,22-21-,25-24-,33-32+. The summed E-state index contributed by atoms with van der Waals surface area (Å²) < 4.78 is 6.14. The van der Waals surface area contributed by atoms with Crippen molar-refractivity contribution < 1.29 is 9.53 Å². The summed E-state index contributed by atoms with van der Waals surface area (Å²) in [6.07, 6.45) is 57.2. The van der Waals surface area contributed by atoms with Crippen molar-refractivity contribution >= 4 is 5.97 Å². The van der Waals surface area contributed by atoms with Crippen molar-refractivity contribution in [3.05, 3.63) is 96.7 Å². The van der Waals surface area contributed by atoms with Crippen LogP contribution in [0.1, 0.15) is 177 Å². The van der Waals surface area contributed by atoms with Gasteiger partial charge in [0.1, 0.15) is 6.10 Å². The highest BCUT2D eigenvalue weighted by molar-refractivity contribution is 5.69. The largest absolute Gasteiger partial charge is 0.462 e. The van der Waals surface area contributed by atoms with Crippen LogP contribution in [0.4, 0.5) is 0 Å². The fraction of sp³-hybridized carbons (Fsp3) is 0.685. The molecule has 4 aliphatic carbocycles. The number of ether oxygens (including phenoxy) is 1. The molecule has 0 aromatic carbocycles. The first kappa shape index (κ1) is 46.1. The molecule has 3 saturated carbocycles. The third-order valence-corrected chi connectivity index (χ3v) is 14.9. The van der Waals surface area contributed by atoms with E-state index in [9.17, 15) is 4.79 Å². The summed E-state index contributed by atoms with van der Waals surface area (Å²) in [7, 11) is 0. The third-order valence-electron chi connectivity index (χ3n) is 14.9. The third kappa shape index (κ3) is 13.8. The first-order chi connectivity index (χ1) is 27.1. The first-order valence-corrected chi connectivity index (χ1v) is 23.6. The summed E-state index contributed by atoms with van der Waals surface area (Å²) in [4.78, 5) is 12.9. The number of unbranched alkanes of at least 4 members (excludes halogenated alkanes) is 4. The molecule has 0 radical (unpaired) electrons. The molecule has 0 saturated heterocycles. The minimum absolute atomic E-state index is 0.0289. The van der Waals surface area contributed by atoms with Gasteiger partial charge in [0.15, 0.2) is 0 Å². The van der Waals surface area contributed by atoms with E-state index in [0.29, 0.717) is 35.0 Å². The maximum Gasteiger partial charge on any atom is 0.306 e. The van der Waals surface area contributed by atoms with Crippen LogP contribution in [-0.4, -0.2) is 12.1 Å². The Morgan fingerprint density at radius 1 is 0.714 bits per heavy atom. The number of hydrogen-bond acceptors (Lipinski definition) is 2. The van der Waals surface area contributed by atoms with Crippen molar-refractivity contribution in [2.24, 2.45) is 52.3 Å². The Morgan fingerprint density at radius 3 is 1.95 bits per heavy atom. The summed E-state index contributed by atoms with van der Waals surface area (Å²) in [6.45, 7) is 17.0. The number of carbonyl (C=O) groups excluding carboxylic acids is 1. The molecule has 4 aliphatic rings. The second-order valence-electron chi connectivity index (χ2n) is 19.1. The van der Waals surface area contributed by atoms with Gasteiger partial charge < -0.3 is 4.74 Å². The maximum absolute atomic E-state index is 12.9. The van der Waals surface area contributed by atoms with Gasteiger partial charge in [-0.3, -0.25) is 4.79 Å². The Kier molecular flexibility index (Phi) is 20.0. The molecule has 56 heavy (non-hydrogen) atoms. The topological polar surface area (TPSA) is 26.3 Å². The number of allylic oxidation sites excluding steroid dienone is 15. The van der Waals surface area contributed by atoms with Gasteiger partial charge in [-0.2, -0.15) is 0 Å². The predicted molar refractivity (Wildman–Crippen MR) is 243 cm³/mol. The zero-order chi connectivity index (χ0) is 40.2. The smallest absolute Gasteiger partial charge is 0.306 e. The second kappa shape index (κ2) is 24.3. The van der Waals surface area contributed by atoms with E-state index in [1.807, 2.05) is 0 Å². The van der Waals surface area contributed by atoms with Crippen LogP contribution >= 0.6 is 0 Å². The molecule has 2 nitrogen and oxygen atoms in total. The summed E-state index contributed by atoms with van der Waals surface area (Å²) in [6, 6.07) is 0. The van der Waals surface area contributed by atoms with E-state index in [4.69, 9.17) is 4.74 Å². The van der Waals surface area contributed by atoms with Crippen LogP contribution < -0.4 is 0 Å². The molecule has 0 bridgehead atoms. The maximum atomic E-state index is 12.9. The molecule has 9 unspecified atom stereocenters.